The largest absolute Gasteiger partial charge is 0.496 e. The van der Waals surface area contributed by atoms with Gasteiger partial charge in [-0.3, -0.25) is 15.0 Å². The predicted octanol–water partition coefficient (Wildman–Crippen LogP) is 5.22. The van der Waals surface area contributed by atoms with Crippen LogP contribution in [0.25, 0.3) is 17.4 Å². The van der Waals surface area contributed by atoms with Crippen LogP contribution < -0.4 is 10.2 Å². The number of thioether (sulfide) groups is 1. The van der Waals surface area contributed by atoms with E-state index in [4.69, 9.17) is 33.0 Å². The summed E-state index contributed by atoms with van der Waals surface area (Å²) in [7, 11) is 1.56. The fourth-order valence-electron chi connectivity index (χ4n) is 2.71. The predicted molar refractivity (Wildman–Crippen MR) is 123 cm³/mol. The number of thiocarbonyl (C=S) groups is 1. The summed E-state index contributed by atoms with van der Waals surface area (Å²) in [5.41, 5.74) is 3.23. The molecule has 1 aliphatic heterocycles. The zero-order valence-electron chi connectivity index (χ0n) is 15.4. The number of ether oxygens (including phenoxy) is 1. The molecule has 0 spiro atoms. The number of furan rings is 1. The lowest BCUT2D eigenvalue weighted by Gasteiger charge is -2.14. The van der Waals surface area contributed by atoms with Crippen LogP contribution in [0.3, 0.4) is 0 Å². The van der Waals surface area contributed by atoms with Crippen LogP contribution in [0.15, 0.2) is 57.2 Å². The zero-order valence-corrected chi connectivity index (χ0v) is 18.6. The molecule has 0 radical (unpaired) electrons. The first-order chi connectivity index (χ1) is 14.5. The molecule has 10 heteroatoms. The van der Waals surface area contributed by atoms with Crippen molar-refractivity contribution in [2.45, 2.75) is 0 Å². The third kappa shape index (κ3) is 4.15. The highest BCUT2D eigenvalue weighted by molar-refractivity contribution is 8.26. The zero-order chi connectivity index (χ0) is 21.3. The number of hydrazine groups is 1. The van der Waals surface area contributed by atoms with E-state index in [0.29, 0.717) is 37.6 Å². The van der Waals surface area contributed by atoms with Crippen molar-refractivity contribution in [3.8, 4) is 17.1 Å². The monoisotopic (exact) mass is 476 g/mol. The van der Waals surface area contributed by atoms with Crippen LogP contribution in [0.4, 0.5) is 0 Å². The fourth-order valence-corrected chi connectivity index (χ4v) is 4.65. The lowest BCUT2D eigenvalue weighted by molar-refractivity contribution is -0.123. The first kappa shape index (κ1) is 20.7. The normalized spacial score (nSPS) is 15.1. The molecular formula is C20H13ClN2O4S3. The van der Waals surface area contributed by atoms with Crippen LogP contribution in [0.5, 0.6) is 5.75 Å². The highest BCUT2D eigenvalue weighted by atomic mass is 35.5. The van der Waals surface area contributed by atoms with Crippen molar-refractivity contribution in [1.29, 1.82) is 0 Å². The summed E-state index contributed by atoms with van der Waals surface area (Å²) < 4.78 is 11.5. The summed E-state index contributed by atoms with van der Waals surface area (Å²) in [6.45, 7) is 0. The van der Waals surface area contributed by atoms with Crippen molar-refractivity contribution < 1.29 is 18.7 Å². The van der Waals surface area contributed by atoms with Crippen molar-refractivity contribution in [1.82, 2.24) is 10.4 Å². The smallest absolute Gasteiger partial charge is 0.285 e. The highest BCUT2D eigenvalue weighted by Crippen LogP contribution is 2.36. The lowest BCUT2D eigenvalue weighted by atomic mass is 10.1. The summed E-state index contributed by atoms with van der Waals surface area (Å²) >= 11 is 13.7. The molecule has 4 rings (SSSR count). The van der Waals surface area contributed by atoms with Crippen LogP contribution in [0.1, 0.15) is 15.4 Å². The molecule has 1 N–H and O–H groups in total. The molecule has 0 aliphatic carbocycles. The maximum absolute atomic E-state index is 12.7. The average molecular weight is 477 g/mol. The minimum atomic E-state index is -0.423. The van der Waals surface area contributed by atoms with E-state index in [-0.39, 0.29) is 4.32 Å². The van der Waals surface area contributed by atoms with E-state index in [1.165, 1.54) is 11.3 Å². The maximum atomic E-state index is 12.7. The van der Waals surface area contributed by atoms with Crippen LogP contribution in [0, 0.1) is 0 Å². The summed E-state index contributed by atoms with van der Waals surface area (Å²) in [5.74, 6) is 0.797. The Kier molecular flexibility index (Phi) is 5.96. The Morgan fingerprint density at radius 3 is 2.87 bits per heavy atom. The van der Waals surface area contributed by atoms with Crippen LogP contribution in [-0.2, 0) is 4.79 Å². The second kappa shape index (κ2) is 8.65. The van der Waals surface area contributed by atoms with E-state index in [1.54, 1.807) is 61.0 Å². The van der Waals surface area contributed by atoms with Gasteiger partial charge in [-0.1, -0.05) is 29.4 Å². The number of carbonyl (C=O) groups excluding carboxylic acids is 2. The minimum Gasteiger partial charge on any atom is -0.496 e. The highest BCUT2D eigenvalue weighted by Gasteiger charge is 2.34. The SMILES string of the molecule is COc1ccc(Cl)cc1-c1ccc(/C=C2\SC(=S)N(NC(=O)c3cccs3)C2=O)o1. The topological polar surface area (TPSA) is 71.8 Å². The van der Waals surface area contributed by atoms with Gasteiger partial charge in [0.15, 0.2) is 4.32 Å². The number of amides is 2. The molecule has 1 fully saturated rings. The maximum Gasteiger partial charge on any atom is 0.285 e. The molecule has 1 saturated heterocycles. The molecular weight excluding hydrogens is 464 g/mol. The standard InChI is InChI=1S/C20H13ClN2O4S3/c1-26-14-6-4-11(21)9-13(14)15-7-5-12(27-15)10-17-19(25)23(20(28)30-17)22-18(24)16-3-2-8-29-16/h2-10H,1H3,(H,22,24)/b17-10-. The number of nitrogens with zero attached hydrogens (tertiary/aromatic N) is 1. The van der Waals surface area contributed by atoms with E-state index in [1.807, 2.05) is 0 Å². The van der Waals surface area contributed by atoms with Gasteiger partial charge >= 0.3 is 0 Å². The Morgan fingerprint density at radius 2 is 2.13 bits per heavy atom. The Balaban J connectivity index is 1.55. The number of methoxy groups -OCH3 is 1. The van der Waals surface area contributed by atoms with E-state index in [0.717, 1.165) is 16.8 Å². The number of halogens is 1. The van der Waals surface area contributed by atoms with Gasteiger partial charge < -0.3 is 9.15 Å². The summed E-state index contributed by atoms with van der Waals surface area (Å²) in [6, 6.07) is 12.1. The number of carbonyl (C=O) groups is 2. The van der Waals surface area contributed by atoms with Crippen molar-refractivity contribution in [2.24, 2.45) is 0 Å². The van der Waals surface area contributed by atoms with Gasteiger partial charge in [0.2, 0.25) is 0 Å². The number of rotatable bonds is 5. The Morgan fingerprint density at radius 1 is 1.30 bits per heavy atom. The molecule has 0 atom stereocenters. The van der Waals surface area contributed by atoms with Gasteiger partial charge in [-0.05, 0) is 54.0 Å². The van der Waals surface area contributed by atoms with Gasteiger partial charge in [0.05, 0.1) is 22.5 Å². The fraction of sp³-hybridized carbons (Fsp3) is 0.0500. The summed E-state index contributed by atoms with van der Waals surface area (Å²) in [5, 5.41) is 3.39. The number of hydrogen-bond donors (Lipinski definition) is 1. The molecule has 3 aromatic rings. The second-order valence-electron chi connectivity index (χ2n) is 5.98. The quantitative estimate of drug-likeness (QED) is 0.402. The molecule has 6 nitrogen and oxygen atoms in total. The van der Waals surface area contributed by atoms with E-state index >= 15 is 0 Å². The van der Waals surface area contributed by atoms with Gasteiger partial charge in [0, 0.05) is 11.1 Å². The summed E-state index contributed by atoms with van der Waals surface area (Å²) in [6.07, 6.45) is 1.58. The molecule has 1 aliphatic rings. The van der Waals surface area contributed by atoms with Crippen molar-refractivity contribution in [3.63, 3.8) is 0 Å². The summed E-state index contributed by atoms with van der Waals surface area (Å²) in [4.78, 5) is 25.8. The molecule has 0 unspecified atom stereocenters. The van der Waals surface area contributed by atoms with E-state index in [9.17, 15) is 9.59 Å². The Labute approximate surface area is 190 Å². The molecule has 1 aromatic carbocycles. The molecule has 152 valence electrons. The van der Waals surface area contributed by atoms with E-state index < -0.39 is 11.8 Å². The Hall–Kier alpha value is -2.59. The molecule has 0 bridgehead atoms. The van der Waals surface area contributed by atoms with Crippen molar-refractivity contribution >= 4 is 69.1 Å². The minimum absolute atomic E-state index is 0.236. The van der Waals surface area contributed by atoms with Gasteiger partial charge in [-0.15, -0.1) is 11.3 Å². The molecule has 2 aromatic heterocycles. The number of benzene rings is 1. The van der Waals surface area contributed by atoms with Gasteiger partial charge in [-0.2, -0.15) is 5.01 Å². The van der Waals surface area contributed by atoms with Crippen LogP contribution in [-0.4, -0.2) is 28.3 Å². The van der Waals surface area contributed by atoms with E-state index in [2.05, 4.69) is 5.43 Å². The third-order valence-corrected chi connectivity index (χ3v) is 6.49. The molecule has 30 heavy (non-hydrogen) atoms. The van der Waals surface area contributed by atoms with Gasteiger partial charge in [0.25, 0.3) is 11.8 Å². The second-order valence-corrected chi connectivity index (χ2v) is 9.04. The molecule has 3 heterocycles. The van der Waals surface area contributed by atoms with Gasteiger partial charge in [-0.25, -0.2) is 0 Å². The molecule has 0 saturated carbocycles. The number of thiophene rings is 1. The third-order valence-electron chi connectivity index (χ3n) is 4.08. The first-order valence-electron chi connectivity index (χ1n) is 8.52. The lowest BCUT2D eigenvalue weighted by Crippen LogP contribution is -2.44. The molecule has 2 amide bonds. The van der Waals surface area contributed by atoms with Crippen LogP contribution >= 0.6 is 46.9 Å². The Bertz CT molecular complexity index is 1170. The van der Waals surface area contributed by atoms with Crippen molar-refractivity contribution in [3.05, 3.63) is 68.4 Å². The average Bonchev–Trinajstić information content (AvgIpc) is 3.47. The number of hydrogen-bond acceptors (Lipinski definition) is 7. The van der Waals surface area contributed by atoms with Crippen molar-refractivity contribution in [2.75, 3.05) is 7.11 Å². The first-order valence-corrected chi connectivity index (χ1v) is 11.0. The number of nitrogens with one attached hydrogen (secondary N) is 1. The van der Waals surface area contributed by atoms with Gasteiger partial charge in [0.1, 0.15) is 17.3 Å². The van der Waals surface area contributed by atoms with Crippen LogP contribution in [0.2, 0.25) is 5.02 Å².